The first kappa shape index (κ1) is 9.30. The maximum Gasteiger partial charge on any atom is 0.142 e. The Kier molecular flexibility index (Phi) is 2.56. The highest BCUT2D eigenvalue weighted by molar-refractivity contribution is 7.10. The number of nitrogens with two attached hydrogens (primary N) is 1. The molecular weight excluding hydrogens is 199 g/mol. The van der Waals surface area contributed by atoms with E-state index in [1.54, 1.807) is 17.5 Å². The van der Waals surface area contributed by atoms with Crippen LogP contribution >= 0.6 is 11.3 Å². The third-order valence-corrected chi connectivity index (χ3v) is 2.89. The van der Waals surface area contributed by atoms with Crippen molar-refractivity contribution in [1.82, 2.24) is 4.98 Å². The van der Waals surface area contributed by atoms with Gasteiger partial charge in [-0.15, -0.1) is 11.3 Å². The highest BCUT2D eigenvalue weighted by atomic mass is 32.1. The Bertz CT molecular complexity index is 439. The number of pyridine rings is 1. The third kappa shape index (κ3) is 1.66. The second kappa shape index (κ2) is 3.86. The van der Waals surface area contributed by atoms with Gasteiger partial charge in [-0.3, -0.25) is 4.98 Å². The molecule has 0 bridgehead atoms. The van der Waals surface area contributed by atoms with Crippen molar-refractivity contribution in [3.8, 4) is 11.1 Å². The molecule has 4 heteroatoms. The summed E-state index contributed by atoms with van der Waals surface area (Å²) in [7, 11) is 0. The van der Waals surface area contributed by atoms with Gasteiger partial charge in [-0.1, -0.05) is 0 Å². The molecule has 0 spiro atoms. The molecule has 14 heavy (non-hydrogen) atoms. The normalized spacial score (nSPS) is 10.4. The summed E-state index contributed by atoms with van der Waals surface area (Å²) in [6.07, 6.45) is 2.84. The van der Waals surface area contributed by atoms with Gasteiger partial charge in [-0.05, 0) is 23.1 Å². The average molecular weight is 208 g/mol. The van der Waals surface area contributed by atoms with Crippen LogP contribution in [0.1, 0.15) is 4.88 Å². The Morgan fingerprint density at radius 2 is 2.29 bits per heavy atom. The van der Waals surface area contributed by atoms with Crippen LogP contribution in [0.4, 0.5) is 4.39 Å². The molecule has 0 aromatic carbocycles. The number of rotatable bonds is 2. The highest BCUT2D eigenvalue weighted by Gasteiger charge is 2.06. The van der Waals surface area contributed by atoms with E-state index >= 15 is 0 Å². The smallest absolute Gasteiger partial charge is 0.142 e. The van der Waals surface area contributed by atoms with E-state index in [9.17, 15) is 4.39 Å². The van der Waals surface area contributed by atoms with Crippen LogP contribution in [0.2, 0.25) is 0 Å². The lowest BCUT2D eigenvalue weighted by Gasteiger charge is -2.00. The summed E-state index contributed by atoms with van der Waals surface area (Å²) in [5.74, 6) is -0.323. The fourth-order valence-corrected chi connectivity index (χ4v) is 2.09. The second-order valence-corrected chi connectivity index (χ2v) is 3.85. The molecule has 0 aliphatic carbocycles. The van der Waals surface area contributed by atoms with E-state index in [0.717, 1.165) is 16.0 Å². The van der Waals surface area contributed by atoms with E-state index in [1.165, 1.54) is 12.3 Å². The Hall–Kier alpha value is -1.26. The van der Waals surface area contributed by atoms with Gasteiger partial charge in [0.2, 0.25) is 0 Å². The van der Waals surface area contributed by atoms with Crippen LogP contribution in [0, 0.1) is 5.82 Å². The molecule has 2 nitrogen and oxygen atoms in total. The van der Waals surface area contributed by atoms with Gasteiger partial charge in [0.05, 0.1) is 6.20 Å². The standard InChI is InChI=1S/C10H9FN2S/c11-8-3-7(5-13-6-8)9-1-2-14-10(9)4-12/h1-3,5-6H,4,12H2. The fourth-order valence-electron chi connectivity index (χ4n) is 1.32. The molecule has 2 aromatic heterocycles. The molecule has 0 fully saturated rings. The fraction of sp³-hybridized carbons (Fsp3) is 0.100. The molecule has 2 N–H and O–H groups in total. The van der Waals surface area contributed by atoms with E-state index < -0.39 is 0 Å². The van der Waals surface area contributed by atoms with Crippen molar-refractivity contribution in [2.45, 2.75) is 6.54 Å². The number of aromatic nitrogens is 1. The van der Waals surface area contributed by atoms with E-state index in [0.29, 0.717) is 6.54 Å². The summed E-state index contributed by atoms with van der Waals surface area (Å²) in [5.41, 5.74) is 7.33. The maximum absolute atomic E-state index is 12.9. The molecule has 72 valence electrons. The first-order valence-electron chi connectivity index (χ1n) is 4.18. The van der Waals surface area contributed by atoms with E-state index in [2.05, 4.69) is 4.98 Å². The van der Waals surface area contributed by atoms with Crippen molar-refractivity contribution in [3.05, 3.63) is 40.6 Å². The summed E-state index contributed by atoms with van der Waals surface area (Å²) >= 11 is 1.58. The number of thiophene rings is 1. The molecular formula is C10H9FN2S. The van der Waals surface area contributed by atoms with Crippen molar-refractivity contribution in [2.24, 2.45) is 5.73 Å². The molecule has 0 amide bonds. The van der Waals surface area contributed by atoms with Crippen LogP contribution in [0.3, 0.4) is 0 Å². The van der Waals surface area contributed by atoms with Crippen molar-refractivity contribution < 1.29 is 4.39 Å². The zero-order chi connectivity index (χ0) is 9.97. The predicted molar refractivity (Wildman–Crippen MR) is 55.4 cm³/mol. The SMILES string of the molecule is NCc1sccc1-c1cncc(F)c1. The maximum atomic E-state index is 12.9. The van der Waals surface area contributed by atoms with E-state index in [1.807, 2.05) is 11.4 Å². The molecule has 2 rings (SSSR count). The van der Waals surface area contributed by atoms with Crippen molar-refractivity contribution in [3.63, 3.8) is 0 Å². The van der Waals surface area contributed by atoms with Crippen LogP contribution in [0.25, 0.3) is 11.1 Å². The minimum Gasteiger partial charge on any atom is -0.326 e. The van der Waals surface area contributed by atoms with Crippen molar-refractivity contribution in [1.29, 1.82) is 0 Å². The van der Waals surface area contributed by atoms with E-state index in [-0.39, 0.29) is 5.82 Å². The molecule has 0 atom stereocenters. The molecule has 0 radical (unpaired) electrons. The molecule has 0 aliphatic heterocycles. The summed E-state index contributed by atoms with van der Waals surface area (Å²) < 4.78 is 12.9. The van der Waals surface area contributed by atoms with Gasteiger partial charge in [0.15, 0.2) is 0 Å². The molecule has 0 aliphatic rings. The van der Waals surface area contributed by atoms with Crippen LogP contribution < -0.4 is 5.73 Å². The minimum absolute atomic E-state index is 0.323. The van der Waals surface area contributed by atoms with Gasteiger partial charge >= 0.3 is 0 Å². The van der Waals surface area contributed by atoms with Gasteiger partial charge in [0, 0.05) is 23.2 Å². The highest BCUT2D eigenvalue weighted by Crippen LogP contribution is 2.27. The predicted octanol–water partition coefficient (Wildman–Crippen LogP) is 2.41. The third-order valence-electron chi connectivity index (χ3n) is 1.95. The largest absolute Gasteiger partial charge is 0.326 e. The average Bonchev–Trinajstić information content (AvgIpc) is 2.65. The lowest BCUT2D eigenvalue weighted by atomic mass is 10.1. The summed E-state index contributed by atoms with van der Waals surface area (Å²) in [4.78, 5) is 4.86. The van der Waals surface area contributed by atoms with Crippen LogP contribution in [0.15, 0.2) is 29.9 Å². The first-order chi connectivity index (χ1) is 6.81. The second-order valence-electron chi connectivity index (χ2n) is 2.85. The van der Waals surface area contributed by atoms with Crippen LogP contribution in [-0.2, 0) is 6.54 Å². The van der Waals surface area contributed by atoms with Gasteiger partial charge in [0.25, 0.3) is 0 Å². The number of halogens is 1. The van der Waals surface area contributed by atoms with Gasteiger partial charge < -0.3 is 5.73 Å². The zero-order valence-corrected chi connectivity index (χ0v) is 8.22. The van der Waals surface area contributed by atoms with Crippen molar-refractivity contribution in [2.75, 3.05) is 0 Å². The number of hydrogen-bond acceptors (Lipinski definition) is 3. The lowest BCUT2D eigenvalue weighted by Crippen LogP contribution is -1.95. The van der Waals surface area contributed by atoms with Crippen molar-refractivity contribution >= 4 is 11.3 Å². The Balaban J connectivity index is 2.49. The summed E-state index contributed by atoms with van der Waals surface area (Å²) in [5, 5.41) is 1.95. The molecule has 0 saturated heterocycles. The van der Waals surface area contributed by atoms with E-state index in [4.69, 9.17) is 5.73 Å². The monoisotopic (exact) mass is 208 g/mol. The minimum atomic E-state index is -0.323. The quantitative estimate of drug-likeness (QED) is 0.823. The van der Waals surface area contributed by atoms with Gasteiger partial charge in [-0.25, -0.2) is 4.39 Å². The Labute approximate surface area is 85.2 Å². The van der Waals surface area contributed by atoms with Gasteiger partial charge in [-0.2, -0.15) is 0 Å². The Morgan fingerprint density at radius 1 is 1.43 bits per heavy atom. The molecule has 2 heterocycles. The first-order valence-corrected chi connectivity index (χ1v) is 5.06. The number of hydrogen-bond donors (Lipinski definition) is 1. The van der Waals surface area contributed by atoms with Crippen LogP contribution in [-0.4, -0.2) is 4.98 Å². The van der Waals surface area contributed by atoms with Gasteiger partial charge in [0.1, 0.15) is 5.82 Å². The Morgan fingerprint density at radius 3 is 3.00 bits per heavy atom. The zero-order valence-electron chi connectivity index (χ0n) is 7.40. The summed E-state index contributed by atoms with van der Waals surface area (Å²) in [6, 6.07) is 3.40. The van der Waals surface area contributed by atoms with Crippen LogP contribution in [0.5, 0.6) is 0 Å². The molecule has 0 saturated carbocycles. The summed E-state index contributed by atoms with van der Waals surface area (Å²) in [6.45, 7) is 0.476. The molecule has 2 aromatic rings. The number of nitrogens with zero attached hydrogens (tertiary/aromatic N) is 1. The topological polar surface area (TPSA) is 38.9 Å². The molecule has 0 unspecified atom stereocenters. The lowest BCUT2D eigenvalue weighted by molar-refractivity contribution is 0.622.